The summed E-state index contributed by atoms with van der Waals surface area (Å²) in [4.78, 5) is 4.37. The normalized spacial score (nSPS) is 10.7. The molecule has 4 nitrogen and oxygen atoms in total. The van der Waals surface area contributed by atoms with E-state index in [2.05, 4.69) is 11.9 Å². The maximum absolute atomic E-state index is 15.1. The van der Waals surface area contributed by atoms with Crippen LogP contribution in [0.3, 0.4) is 0 Å². The predicted octanol–water partition coefficient (Wildman–Crippen LogP) is 6.21. The van der Waals surface area contributed by atoms with E-state index < -0.39 is 5.82 Å². The fraction of sp³-hybridized carbons (Fsp3) is 0.261. The van der Waals surface area contributed by atoms with Crippen LogP contribution in [0.4, 0.5) is 10.1 Å². The number of ether oxygens (including phenoxy) is 2. The summed E-state index contributed by atoms with van der Waals surface area (Å²) >= 11 is 6.03. The molecule has 2 aromatic carbocycles. The van der Waals surface area contributed by atoms with Gasteiger partial charge in [-0.3, -0.25) is 0 Å². The minimum Gasteiger partial charge on any atom is -0.478 e. The van der Waals surface area contributed by atoms with Crippen LogP contribution in [0.1, 0.15) is 31.0 Å². The highest BCUT2D eigenvalue weighted by molar-refractivity contribution is 6.31. The van der Waals surface area contributed by atoms with Crippen LogP contribution < -0.4 is 15.2 Å². The van der Waals surface area contributed by atoms with Crippen molar-refractivity contribution in [2.75, 3.05) is 12.3 Å². The van der Waals surface area contributed by atoms with E-state index in [1.807, 2.05) is 30.3 Å². The molecule has 0 aliphatic carbocycles. The standard InChI is InChI=1S/C23H24ClFN2O2/c1-2-3-11-28-22-15-21(29-19-13-17(24)12-18(26)14-19)23(25)20(27-22)10-9-16-7-5-4-6-8-16/h4-8,12-15H,2-3,9-11,26H2,1H3. The molecule has 0 radical (unpaired) electrons. The molecule has 0 aliphatic heterocycles. The third-order valence-corrected chi connectivity index (χ3v) is 4.55. The molecule has 0 fully saturated rings. The lowest BCUT2D eigenvalue weighted by molar-refractivity contribution is 0.293. The van der Waals surface area contributed by atoms with Crippen LogP contribution in [0, 0.1) is 5.82 Å². The van der Waals surface area contributed by atoms with Gasteiger partial charge in [-0.1, -0.05) is 55.3 Å². The number of rotatable bonds is 9. The van der Waals surface area contributed by atoms with Crippen LogP contribution in [0.15, 0.2) is 54.6 Å². The van der Waals surface area contributed by atoms with Gasteiger partial charge in [0.15, 0.2) is 11.6 Å². The number of anilines is 1. The predicted molar refractivity (Wildman–Crippen MR) is 114 cm³/mol. The SMILES string of the molecule is CCCCOc1cc(Oc2cc(N)cc(Cl)c2)c(F)c(CCc2ccccc2)n1. The van der Waals surface area contributed by atoms with Crippen molar-refractivity contribution in [2.45, 2.75) is 32.6 Å². The number of halogens is 2. The second-order valence-corrected chi connectivity index (χ2v) is 7.17. The number of hydrogen-bond acceptors (Lipinski definition) is 4. The Morgan fingerprint density at radius 3 is 2.59 bits per heavy atom. The van der Waals surface area contributed by atoms with Crippen LogP contribution in [-0.2, 0) is 12.8 Å². The van der Waals surface area contributed by atoms with Gasteiger partial charge in [-0.05, 0) is 37.0 Å². The highest BCUT2D eigenvalue weighted by atomic mass is 35.5. The quantitative estimate of drug-likeness (QED) is 0.334. The van der Waals surface area contributed by atoms with Crippen LogP contribution in [0.25, 0.3) is 0 Å². The second kappa shape index (κ2) is 10.1. The van der Waals surface area contributed by atoms with E-state index in [4.69, 9.17) is 26.8 Å². The largest absolute Gasteiger partial charge is 0.478 e. The Morgan fingerprint density at radius 1 is 1.07 bits per heavy atom. The van der Waals surface area contributed by atoms with Crippen molar-refractivity contribution in [3.05, 3.63) is 76.7 Å². The number of unbranched alkanes of at least 4 members (excludes halogenated alkanes) is 1. The van der Waals surface area contributed by atoms with E-state index in [1.54, 1.807) is 18.2 Å². The highest BCUT2D eigenvalue weighted by Gasteiger charge is 2.16. The monoisotopic (exact) mass is 414 g/mol. The number of aryl methyl sites for hydroxylation is 2. The second-order valence-electron chi connectivity index (χ2n) is 6.73. The minimum absolute atomic E-state index is 0.0382. The summed E-state index contributed by atoms with van der Waals surface area (Å²) in [6, 6.07) is 16.1. The van der Waals surface area contributed by atoms with E-state index in [0.717, 1.165) is 18.4 Å². The van der Waals surface area contributed by atoms with Crippen molar-refractivity contribution >= 4 is 17.3 Å². The molecule has 0 atom stereocenters. The Hall–Kier alpha value is -2.79. The van der Waals surface area contributed by atoms with Gasteiger partial charge in [0.25, 0.3) is 0 Å². The molecule has 2 N–H and O–H groups in total. The first-order chi connectivity index (χ1) is 14.0. The molecule has 0 spiro atoms. The van der Waals surface area contributed by atoms with Crippen molar-refractivity contribution in [1.82, 2.24) is 4.98 Å². The van der Waals surface area contributed by atoms with Gasteiger partial charge >= 0.3 is 0 Å². The summed E-state index contributed by atoms with van der Waals surface area (Å²) in [5.41, 5.74) is 7.65. The summed E-state index contributed by atoms with van der Waals surface area (Å²) in [5, 5.41) is 0.415. The molecule has 152 valence electrons. The molecule has 1 heterocycles. The minimum atomic E-state index is -0.512. The van der Waals surface area contributed by atoms with E-state index in [9.17, 15) is 0 Å². The van der Waals surface area contributed by atoms with Crippen molar-refractivity contribution in [2.24, 2.45) is 0 Å². The lowest BCUT2D eigenvalue weighted by atomic mass is 10.1. The van der Waals surface area contributed by atoms with Gasteiger partial charge in [0, 0.05) is 22.8 Å². The Labute approximate surface area is 175 Å². The molecule has 0 amide bonds. The lowest BCUT2D eigenvalue weighted by Gasteiger charge is -2.13. The Balaban J connectivity index is 1.87. The van der Waals surface area contributed by atoms with Crippen LogP contribution in [0.2, 0.25) is 5.02 Å². The smallest absolute Gasteiger partial charge is 0.217 e. The first-order valence-electron chi connectivity index (χ1n) is 9.65. The summed E-state index contributed by atoms with van der Waals surface area (Å²) in [5.74, 6) is 0.222. The molecular formula is C23H24ClFN2O2. The average molecular weight is 415 g/mol. The van der Waals surface area contributed by atoms with Crippen molar-refractivity contribution < 1.29 is 13.9 Å². The van der Waals surface area contributed by atoms with Gasteiger partial charge < -0.3 is 15.2 Å². The number of nitrogen functional groups attached to an aromatic ring is 1. The fourth-order valence-electron chi connectivity index (χ4n) is 2.84. The van der Waals surface area contributed by atoms with Crippen LogP contribution >= 0.6 is 11.6 Å². The average Bonchev–Trinajstić information content (AvgIpc) is 2.69. The van der Waals surface area contributed by atoms with Gasteiger partial charge in [0.2, 0.25) is 5.88 Å². The molecule has 0 saturated carbocycles. The van der Waals surface area contributed by atoms with Gasteiger partial charge in [-0.25, -0.2) is 9.37 Å². The molecule has 0 aliphatic rings. The summed E-state index contributed by atoms with van der Waals surface area (Å²) in [6.45, 7) is 2.58. The zero-order valence-corrected chi connectivity index (χ0v) is 17.1. The molecule has 6 heteroatoms. The molecular weight excluding hydrogens is 391 g/mol. The maximum Gasteiger partial charge on any atom is 0.217 e. The third kappa shape index (κ3) is 6.09. The molecule has 0 bridgehead atoms. The lowest BCUT2D eigenvalue weighted by Crippen LogP contribution is -2.05. The van der Waals surface area contributed by atoms with Gasteiger partial charge in [0.05, 0.1) is 12.3 Å². The van der Waals surface area contributed by atoms with E-state index in [1.165, 1.54) is 6.07 Å². The van der Waals surface area contributed by atoms with E-state index in [-0.39, 0.29) is 5.75 Å². The van der Waals surface area contributed by atoms with E-state index >= 15 is 4.39 Å². The Morgan fingerprint density at radius 2 is 1.86 bits per heavy atom. The Kier molecular flexibility index (Phi) is 7.30. The zero-order valence-electron chi connectivity index (χ0n) is 16.3. The molecule has 3 aromatic rings. The van der Waals surface area contributed by atoms with Crippen LogP contribution in [0.5, 0.6) is 17.4 Å². The summed E-state index contributed by atoms with van der Waals surface area (Å²) in [6.07, 6.45) is 2.97. The van der Waals surface area contributed by atoms with E-state index in [0.29, 0.717) is 47.5 Å². The van der Waals surface area contributed by atoms with Crippen LogP contribution in [-0.4, -0.2) is 11.6 Å². The highest BCUT2D eigenvalue weighted by Crippen LogP contribution is 2.32. The summed E-state index contributed by atoms with van der Waals surface area (Å²) < 4.78 is 26.6. The number of hydrogen-bond donors (Lipinski definition) is 1. The summed E-state index contributed by atoms with van der Waals surface area (Å²) in [7, 11) is 0. The number of nitrogens with two attached hydrogens (primary N) is 1. The van der Waals surface area contributed by atoms with Crippen molar-refractivity contribution in [1.29, 1.82) is 0 Å². The molecule has 0 saturated heterocycles. The number of aromatic nitrogens is 1. The fourth-order valence-corrected chi connectivity index (χ4v) is 3.08. The van der Waals surface area contributed by atoms with Gasteiger partial charge in [-0.2, -0.15) is 0 Å². The molecule has 0 unspecified atom stereocenters. The van der Waals surface area contributed by atoms with Crippen molar-refractivity contribution in [3.8, 4) is 17.4 Å². The first-order valence-corrected chi connectivity index (χ1v) is 10.0. The first kappa shape index (κ1) is 20.9. The van der Waals surface area contributed by atoms with Gasteiger partial charge in [-0.15, -0.1) is 0 Å². The maximum atomic E-state index is 15.1. The number of nitrogens with zero attached hydrogens (tertiary/aromatic N) is 1. The Bertz CT molecular complexity index is 931. The van der Waals surface area contributed by atoms with Crippen molar-refractivity contribution in [3.63, 3.8) is 0 Å². The third-order valence-electron chi connectivity index (χ3n) is 4.33. The topological polar surface area (TPSA) is 57.4 Å². The zero-order chi connectivity index (χ0) is 20.6. The molecule has 3 rings (SSSR count). The van der Waals surface area contributed by atoms with Gasteiger partial charge in [0.1, 0.15) is 5.75 Å². The molecule has 29 heavy (non-hydrogen) atoms. The molecule has 1 aromatic heterocycles. The number of benzene rings is 2. The number of pyridine rings is 1.